The average molecular weight is 303 g/mol. The van der Waals surface area contributed by atoms with E-state index in [-0.39, 0.29) is 11.5 Å². The molecule has 2 rings (SSSR count). The van der Waals surface area contributed by atoms with E-state index in [1.165, 1.54) is 0 Å². The van der Waals surface area contributed by atoms with Crippen molar-refractivity contribution in [3.8, 4) is 0 Å². The number of anilines is 1. The van der Waals surface area contributed by atoms with E-state index in [1.54, 1.807) is 0 Å². The van der Waals surface area contributed by atoms with Crippen molar-refractivity contribution in [3.63, 3.8) is 0 Å². The molecule has 0 unspecified atom stereocenters. The van der Waals surface area contributed by atoms with Crippen LogP contribution in [0.1, 0.15) is 36.1 Å². The minimum Gasteiger partial charge on any atom is -0.389 e. The Morgan fingerprint density at radius 3 is 2.70 bits per heavy atom. The summed E-state index contributed by atoms with van der Waals surface area (Å²) in [5.41, 5.74) is 8.20. The summed E-state index contributed by atoms with van der Waals surface area (Å²) >= 11 is 4.95. The van der Waals surface area contributed by atoms with Gasteiger partial charge in [-0.2, -0.15) is 13.2 Å². The van der Waals surface area contributed by atoms with E-state index in [1.807, 2.05) is 6.07 Å². The van der Waals surface area contributed by atoms with Crippen molar-refractivity contribution >= 4 is 23.0 Å². The molecule has 0 atom stereocenters. The van der Waals surface area contributed by atoms with Crippen molar-refractivity contribution in [1.82, 2.24) is 4.98 Å². The van der Waals surface area contributed by atoms with Crippen molar-refractivity contribution in [1.29, 1.82) is 0 Å². The molecule has 1 aliphatic rings. The van der Waals surface area contributed by atoms with Gasteiger partial charge < -0.3 is 11.1 Å². The zero-order chi connectivity index (χ0) is 14.8. The Morgan fingerprint density at radius 1 is 1.35 bits per heavy atom. The van der Waals surface area contributed by atoms with E-state index in [4.69, 9.17) is 18.0 Å². The van der Waals surface area contributed by atoms with Gasteiger partial charge in [-0.05, 0) is 37.3 Å². The van der Waals surface area contributed by atoms with Crippen LogP contribution < -0.4 is 11.1 Å². The number of hydrogen-bond acceptors (Lipinski definition) is 3. The number of aryl methyl sites for hydroxylation is 2. The van der Waals surface area contributed by atoms with Crippen LogP contribution in [0.2, 0.25) is 0 Å². The number of alkyl halides is 3. The minimum atomic E-state index is -4.19. The first-order chi connectivity index (χ1) is 9.37. The fraction of sp³-hybridized carbons (Fsp3) is 0.538. The molecule has 3 N–H and O–H groups in total. The topological polar surface area (TPSA) is 50.9 Å². The quantitative estimate of drug-likeness (QED) is 0.840. The Kier molecular flexibility index (Phi) is 4.47. The van der Waals surface area contributed by atoms with Crippen molar-refractivity contribution < 1.29 is 13.2 Å². The van der Waals surface area contributed by atoms with Gasteiger partial charge in [0, 0.05) is 12.2 Å². The van der Waals surface area contributed by atoms with E-state index in [9.17, 15) is 13.2 Å². The number of rotatable bonds is 4. The molecule has 1 aromatic heterocycles. The number of hydrogen-bond donors (Lipinski definition) is 2. The van der Waals surface area contributed by atoms with E-state index in [2.05, 4.69) is 10.3 Å². The number of nitrogens with two attached hydrogens (primary N) is 1. The highest BCUT2D eigenvalue weighted by molar-refractivity contribution is 7.80. The third-order valence-electron chi connectivity index (χ3n) is 3.27. The van der Waals surface area contributed by atoms with Crippen molar-refractivity contribution in [2.45, 2.75) is 38.3 Å². The Morgan fingerprint density at radius 2 is 2.05 bits per heavy atom. The van der Waals surface area contributed by atoms with Gasteiger partial charge in [0.25, 0.3) is 0 Å². The summed E-state index contributed by atoms with van der Waals surface area (Å²) in [6, 6.07) is 1.86. The van der Waals surface area contributed by atoms with Crippen molar-refractivity contribution in [3.05, 3.63) is 22.9 Å². The highest BCUT2D eigenvalue weighted by Gasteiger charge is 2.26. The fourth-order valence-electron chi connectivity index (χ4n) is 2.28. The largest absolute Gasteiger partial charge is 0.390 e. The third kappa shape index (κ3) is 3.82. The molecule has 1 heterocycles. The number of nitrogens with one attached hydrogen (secondary N) is 1. The molecule has 0 bridgehead atoms. The van der Waals surface area contributed by atoms with E-state index in [0.29, 0.717) is 11.4 Å². The van der Waals surface area contributed by atoms with Crippen LogP contribution in [0.25, 0.3) is 0 Å². The average Bonchev–Trinajstić information content (AvgIpc) is 2.36. The summed E-state index contributed by atoms with van der Waals surface area (Å²) in [6.45, 7) is -0.231. The zero-order valence-electron chi connectivity index (χ0n) is 10.9. The maximum atomic E-state index is 12.2. The molecule has 0 fully saturated rings. The standard InChI is InChI=1S/C13H16F3N3S/c14-13(15,16)5-6-18-12-9(11(17)20)7-8-3-1-2-4-10(8)19-12/h7H,1-6H2,(H2,17,20)(H,18,19). The van der Waals surface area contributed by atoms with Crippen molar-refractivity contribution in [2.24, 2.45) is 5.73 Å². The first-order valence-corrected chi connectivity index (χ1v) is 6.91. The van der Waals surface area contributed by atoms with Gasteiger partial charge in [0.1, 0.15) is 10.8 Å². The van der Waals surface area contributed by atoms with Crippen LogP contribution in [-0.4, -0.2) is 22.7 Å². The monoisotopic (exact) mass is 303 g/mol. The molecule has 0 saturated carbocycles. The van der Waals surface area contributed by atoms with Gasteiger partial charge in [-0.1, -0.05) is 12.2 Å². The van der Waals surface area contributed by atoms with E-state index >= 15 is 0 Å². The van der Waals surface area contributed by atoms with Crippen molar-refractivity contribution in [2.75, 3.05) is 11.9 Å². The van der Waals surface area contributed by atoms with Crippen LogP contribution in [0.3, 0.4) is 0 Å². The van der Waals surface area contributed by atoms with Crippen LogP contribution in [0, 0.1) is 0 Å². The van der Waals surface area contributed by atoms with Gasteiger partial charge >= 0.3 is 6.18 Å². The zero-order valence-corrected chi connectivity index (χ0v) is 11.7. The molecule has 1 aliphatic carbocycles. The molecular formula is C13H16F3N3S. The lowest BCUT2D eigenvalue weighted by molar-refractivity contribution is -0.131. The van der Waals surface area contributed by atoms with Gasteiger partial charge in [-0.3, -0.25) is 0 Å². The highest BCUT2D eigenvalue weighted by atomic mass is 32.1. The molecule has 0 radical (unpaired) electrons. The second-order valence-corrected chi connectivity index (χ2v) is 5.29. The van der Waals surface area contributed by atoms with Crippen LogP contribution in [0.5, 0.6) is 0 Å². The second-order valence-electron chi connectivity index (χ2n) is 4.85. The van der Waals surface area contributed by atoms with Crippen LogP contribution >= 0.6 is 12.2 Å². The second kappa shape index (κ2) is 5.95. The lowest BCUT2D eigenvalue weighted by atomic mass is 9.94. The maximum absolute atomic E-state index is 12.2. The van der Waals surface area contributed by atoms with Gasteiger partial charge in [-0.15, -0.1) is 0 Å². The number of pyridine rings is 1. The predicted octanol–water partition coefficient (Wildman–Crippen LogP) is 2.96. The molecular weight excluding hydrogens is 287 g/mol. The summed E-state index contributed by atoms with van der Waals surface area (Å²) in [4.78, 5) is 4.56. The normalized spacial score (nSPS) is 14.8. The molecule has 20 heavy (non-hydrogen) atoms. The summed E-state index contributed by atoms with van der Waals surface area (Å²) in [5.74, 6) is 0.363. The maximum Gasteiger partial charge on any atom is 0.390 e. The van der Waals surface area contributed by atoms with Gasteiger partial charge in [0.15, 0.2) is 0 Å². The highest BCUT2D eigenvalue weighted by Crippen LogP contribution is 2.25. The SMILES string of the molecule is NC(=S)c1cc2c(nc1NCCC(F)(F)F)CCCC2. The van der Waals surface area contributed by atoms with Crippen LogP contribution in [-0.2, 0) is 12.8 Å². The smallest absolute Gasteiger partial charge is 0.389 e. The molecule has 0 spiro atoms. The number of nitrogens with zero attached hydrogens (tertiary/aromatic N) is 1. The van der Waals surface area contributed by atoms with Gasteiger partial charge in [-0.25, -0.2) is 4.98 Å². The molecule has 1 aromatic rings. The molecule has 0 saturated heterocycles. The third-order valence-corrected chi connectivity index (χ3v) is 3.49. The summed E-state index contributed by atoms with van der Waals surface area (Å²) in [6.07, 6.45) is -1.20. The molecule has 0 amide bonds. The molecule has 0 aliphatic heterocycles. The summed E-state index contributed by atoms with van der Waals surface area (Å²) in [5, 5.41) is 2.70. The van der Waals surface area contributed by atoms with Gasteiger partial charge in [0.2, 0.25) is 0 Å². The predicted molar refractivity (Wildman–Crippen MR) is 75.9 cm³/mol. The Labute approximate surface area is 120 Å². The minimum absolute atomic E-state index is 0.153. The number of aromatic nitrogens is 1. The Hall–Kier alpha value is -1.37. The first-order valence-electron chi connectivity index (χ1n) is 6.50. The number of halogens is 3. The molecule has 3 nitrogen and oxygen atoms in total. The lowest BCUT2D eigenvalue weighted by Gasteiger charge is -2.19. The lowest BCUT2D eigenvalue weighted by Crippen LogP contribution is -2.20. The van der Waals surface area contributed by atoms with E-state index < -0.39 is 12.6 Å². The molecule has 0 aromatic carbocycles. The summed E-state index contributed by atoms with van der Waals surface area (Å²) < 4.78 is 36.5. The van der Waals surface area contributed by atoms with Crippen LogP contribution in [0.4, 0.5) is 19.0 Å². The van der Waals surface area contributed by atoms with Gasteiger partial charge in [0.05, 0.1) is 12.0 Å². The summed E-state index contributed by atoms with van der Waals surface area (Å²) in [7, 11) is 0. The van der Waals surface area contributed by atoms with Crippen LogP contribution in [0.15, 0.2) is 6.07 Å². The Bertz CT molecular complexity index is 514. The molecule has 7 heteroatoms. The first kappa shape index (κ1) is 15.0. The Balaban J connectivity index is 2.19. The number of thiocarbonyl (C=S) groups is 1. The number of fused-ring (bicyclic) bond motifs is 1. The van der Waals surface area contributed by atoms with E-state index in [0.717, 1.165) is 36.9 Å². The fourth-order valence-corrected chi connectivity index (χ4v) is 2.43. The molecule has 110 valence electrons.